The second-order valence-corrected chi connectivity index (χ2v) is 9.28. The van der Waals surface area contributed by atoms with Gasteiger partial charge in [-0.1, -0.05) is 6.92 Å². The average molecular weight is 675 g/mol. The third-order valence-electron chi connectivity index (χ3n) is 6.98. The molecule has 1 aliphatic carbocycles. The maximum Gasteiger partial charge on any atom is 0.180 e. The lowest BCUT2D eigenvalue weighted by Crippen LogP contribution is -2.08. The predicted octanol–water partition coefficient (Wildman–Crippen LogP) is 7.91. The average Bonchev–Trinajstić information content (AvgIpc) is 3.78. The van der Waals surface area contributed by atoms with Crippen LogP contribution in [0.1, 0.15) is 40.3 Å². The van der Waals surface area contributed by atoms with E-state index in [1.807, 2.05) is 0 Å². The van der Waals surface area contributed by atoms with E-state index in [4.69, 9.17) is 10.5 Å². The first kappa shape index (κ1) is 34.4. The van der Waals surface area contributed by atoms with E-state index in [9.17, 15) is 42.1 Å². The van der Waals surface area contributed by atoms with E-state index < -0.39 is 143 Å². The molecule has 0 radical (unpaired) electrons. The van der Waals surface area contributed by atoms with Crippen LogP contribution in [0.5, 0.6) is 0 Å². The molecule has 0 aromatic heterocycles. The van der Waals surface area contributed by atoms with E-state index in [1.54, 1.807) is 0 Å². The van der Waals surface area contributed by atoms with Gasteiger partial charge in [-0.3, -0.25) is 0 Å². The van der Waals surface area contributed by atoms with Gasteiger partial charge in [0, 0.05) is 22.3 Å². The van der Waals surface area contributed by atoms with Crippen molar-refractivity contribution < 1.29 is 52.7 Å². The summed E-state index contributed by atoms with van der Waals surface area (Å²) >= 11 is 0. The first-order valence-electron chi connectivity index (χ1n) is 12.4. The van der Waals surface area contributed by atoms with Gasteiger partial charge in [-0.2, -0.15) is 26.3 Å². The Labute approximate surface area is 259 Å². The lowest BCUT2D eigenvalue weighted by molar-refractivity contribution is 0.437. The van der Waals surface area contributed by atoms with Crippen molar-refractivity contribution in [2.45, 2.75) is 13.3 Å². The van der Waals surface area contributed by atoms with Gasteiger partial charge in [0.25, 0.3) is 0 Å². The molecule has 0 atom stereocenters. The van der Waals surface area contributed by atoms with Crippen LogP contribution >= 0.6 is 0 Å². The fourth-order valence-corrected chi connectivity index (χ4v) is 4.75. The lowest BCUT2D eigenvalue weighted by Gasteiger charge is -2.10. The minimum Gasteiger partial charge on any atom is -0.203 e. The minimum absolute atomic E-state index is 0.666. The quantitative estimate of drug-likeness (QED) is 0.158. The summed E-state index contributed by atoms with van der Waals surface area (Å²) in [7, 11) is 0. The van der Waals surface area contributed by atoms with Crippen LogP contribution in [0.3, 0.4) is 0 Å². The molecule has 0 heterocycles. The summed E-state index contributed by atoms with van der Waals surface area (Å²) in [6, 6.07) is 4.61. The number of nitriles is 5. The number of hydrogen-bond acceptors (Lipinski definition) is 5. The molecule has 1 aliphatic rings. The van der Waals surface area contributed by atoms with Crippen molar-refractivity contribution in [3.63, 3.8) is 0 Å². The fraction of sp³-hybridized carbons (Fsp3) is 0.0645. The molecular weight excluding hydrogens is 670 g/mol. The summed E-state index contributed by atoms with van der Waals surface area (Å²) in [4.78, 5) is 0. The largest absolute Gasteiger partial charge is 0.203 e. The number of hydrogen-bond donors (Lipinski definition) is 0. The molecule has 1 saturated carbocycles. The van der Waals surface area contributed by atoms with Crippen molar-refractivity contribution in [2.75, 3.05) is 0 Å². The molecular formula is C31H5F12N5. The van der Waals surface area contributed by atoms with Gasteiger partial charge in [0.2, 0.25) is 0 Å². The number of allylic oxidation sites excluding steroid dienone is 6. The van der Waals surface area contributed by atoms with Crippen LogP contribution in [0, 0.1) is 126 Å². The Kier molecular flexibility index (Phi) is 8.85. The smallest absolute Gasteiger partial charge is 0.180 e. The Hall–Kier alpha value is -6.51. The minimum atomic E-state index is -2.49. The zero-order chi connectivity index (χ0) is 36.1. The normalized spacial score (nSPS) is 14.0. The molecule has 1 fully saturated rings. The molecule has 0 saturated heterocycles. The van der Waals surface area contributed by atoms with Crippen LogP contribution in [0.2, 0.25) is 0 Å². The van der Waals surface area contributed by atoms with Crippen LogP contribution in [0.15, 0.2) is 16.7 Å². The predicted molar refractivity (Wildman–Crippen MR) is 135 cm³/mol. The topological polar surface area (TPSA) is 119 Å². The van der Waals surface area contributed by atoms with Gasteiger partial charge in [0.15, 0.2) is 69.8 Å². The van der Waals surface area contributed by atoms with E-state index in [0.717, 1.165) is 37.3 Å². The van der Waals surface area contributed by atoms with E-state index in [1.165, 1.54) is 0 Å². The van der Waals surface area contributed by atoms with Gasteiger partial charge in [-0.05, 0) is 6.42 Å². The van der Waals surface area contributed by atoms with Crippen molar-refractivity contribution in [3.05, 3.63) is 120 Å². The van der Waals surface area contributed by atoms with Crippen molar-refractivity contribution >= 4 is 16.7 Å². The fourth-order valence-electron chi connectivity index (χ4n) is 4.75. The third-order valence-corrected chi connectivity index (χ3v) is 6.98. The Morgan fingerprint density at radius 2 is 0.625 bits per heavy atom. The number of nitrogens with zero attached hydrogens (tertiary/aromatic N) is 5. The molecule has 0 spiro atoms. The van der Waals surface area contributed by atoms with Crippen LogP contribution < -0.4 is 0 Å². The Morgan fingerprint density at radius 1 is 0.396 bits per heavy atom. The molecule has 0 unspecified atom stereocenters. The Bertz CT molecular complexity index is 2150. The van der Waals surface area contributed by atoms with Crippen LogP contribution in [0.25, 0.3) is 16.7 Å². The van der Waals surface area contributed by atoms with E-state index in [0.29, 0.717) is 0 Å². The molecule has 0 bridgehead atoms. The van der Waals surface area contributed by atoms with Gasteiger partial charge >= 0.3 is 0 Å². The van der Waals surface area contributed by atoms with Gasteiger partial charge < -0.3 is 0 Å². The van der Waals surface area contributed by atoms with Crippen LogP contribution in [0.4, 0.5) is 52.7 Å². The number of halogens is 12. The van der Waals surface area contributed by atoms with E-state index in [-0.39, 0.29) is 0 Å². The molecule has 0 aliphatic heterocycles. The van der Waals surface area contributed by atoms with Gasteiger partial charge in [-0.25, -0.2) is 52.7 Å². The van der Waals surface area contributed by atoms with E-state index in [2.05, 4.69) is 0 Å². The molecule has 0 N–H and O–H groups in total. The summed E-state index contributed by atoms with van der Waals surface area (Å²) in [5.74, 6) is -28.4. The maximum absolute atomic E-state index is 15.2. The molecule has 4 rings (SSSR count). The highest BCUT2D eigenvalue weighted by Crippen LogP contribution is 2.57. The summed E-state index contributed by atoms with van der Waals surface area (Å²) in [6.45, 7) is 1.06. The highest BCUT2D eigenvalue weighted by atomic mass is 19.2. The summed E-state index contributed by atoms with van der Waals surface area (Å²) in [5, 5.41) is 47.2. The molecule has 5 nitrogen and oxygen atoms in total. The Morgan fingerprint density at radius 3 is 0.812 bits per heavy atom. The highest BCUT2D eigenvalue weighted by molar-refractivity contribution is 6.12. The highest BCUT2D eigenvalue weighted by Gasteiger charge is 2.46. The third kappa shape index (κ3) is 4.71. The van der Waals surface area contributed by atoms with Crippen molar-refractivity contribution in [3.8, 4) is 30.3 Å². The summed E-state index contributed by atoms with van der Waals surface area (Å²) in [5.41, 5.74) is -20.1. The maximum atomic E-state index is 15.2. The second kappa shape index (κ2) is 12.4. The molecule has 3 aromatic rings. The SMILES string of the molecule is CCc1c(F)c(F)c(C(C#N)=C2C(=C(\C#N)c3c(F)c(F)c(C#N)c(F)c3F)/C2=C(/C#N)c2c(F)c(F)c(C#N)c(F)c2F)c(F)c1F. The van der Waals surface area contributed by atoms with Gasteiger partial charge in [0.05, 0.1) is 33.4 Å². The van der Waals surface area contributed by atoms with Gasteiger partial charge in [0.1, 0.15) is 41.5 Å². The molecule has 17 heteroatoms. The second-order valence-electron chi connectivity index (χ2n) is 9.28. The zero-order valence-electron chi connectivity index (χ0n) is 23.0. The number of benzene rings is 3. The zero-order valence-corrected chi connectivity index (χ0v) is 23.0. The number of rotatable bonds is 4. The molecule has 238 valence electrons. The van der Waals surface area contributed by atoms with Crippen molar-refractivity contribution in [2.24, 2.45) is 0 Å². The first-order valence-corrected chi connectivity index (χ1v) is 12.4. The van der Waals surface area contributed by atoms with Crippen LogP contribution in [-0.4, -0.2) is 0 Å². The van der Waals surface area contributed by atoms with Gasteiger partial charge in [-0.15, -0.1) is 0 Å². The summed E-state index contributed by atoms with van der Waals surface area (Å²) in [6.07, 6.45) is -0.666. The van der Waals surface area contributed by atoms with Crippen LogP contribution in [-0.2, 0) is 6.42 Å². The Balaban J connectivity index is 2.37. The standard InChI is InChI=1S/C31H5F12N5/c1-2-8-20(32)26(38)17(27(39)21(8)33)9(3-44)14-15(10(4-45)18-28(40)22(34)12(6-47)23(35)29(18)41)16(14)11(5-46)19-30(42)24(36)13(7-48)25(37)31(19)43/h2H2,1H3/b15-10-,16-11-. The molecule has 3 aromatic carbocycles. The molecule has 0 amide bonds. The molecule has 48 heavy (non-hydrogen) atoms. The van der Waals surface area contributed by atoms with E-state index >= 15 is 26.3 Å². The lowest BCUT2D eigenvalue weighted by atomic mass is 9.98. The summed E-state index contributed by atoms with van der Waals surface area (Å²) < 4.78 is 178. The van der Waals surface area contributed by atoms with Crippen molar-refractivity contribution in [1.29, 1.82) is 26.3 Å². The first-order chi connectivity index (χ1) is 22.6. The van der Waals surface area contributed by atoms with Crippen molar-refractivity contribution in [1.82, 2.24) is 0 Å². The monoisotopic (exact) mass is 675 g/mol.